The number of carbonyl (C=O) groups is 4. The number of likely N-dealkylation sites (N-methyl/N-ethyl adjacent to an activating group) is 2. The van der Waals surface area contributed by atoms with E-state index in [1.165, 1.54) is 6.92 Å². The number of aliphatic hydroxyl groups is 2. The average Bonchev–Trinajstić information content (AvgIpc) is 3.54. The number of imidazole rings is 1. The lowest BCUT2D eigenvalue weighted by Gasteiger charge is -2.37. The average molecular weight is 699 g/mol. The van der Waals surface area contributed by atoms with E-state index >= 15 is 0 Å². The van der Waals surface area contributed by atoms with Gasteiger partial charge in [-0.1, -0.05) is 20.8 Å². The summed E-state index contributed by atoms with van der Waals surface area (Å²) in [5.74, 6) is -1.15. The molecule has 1 fully saturated rings. The molecule has 6 N–H and O–H groups in total. The standard InChI is InChI=1S/C14H28N2O3.C11H13N3O2.C6H11NO3.C2H6.CH4O/c1-6-15-8-9-18-11-12(15)10-16(7-2)13(17)19-14(3,4)5;1-7(15)5-12-11(16)8-2-3-9-10(4-8)14-6-13-9;1-5(8)7-4-2-3-6(9)10;2*1-2/h12H,6-11H2,1-5H3;2-4,6-7,15H,5H2,1H3,(H,12,16)(H,13,14);2-4H2,1H3,(H,7,8)(H,9,10);1-2H3;2H,1H3/t12-;;;;/m0..../s1. The number of morpholine rings is 1. The number of carboxylic acids is 1. The molecule has 0 aliphatic carbocycles. The second-order valence-corrected chi connectivity index (χ2v) is 11.6. The van der Waals surface area contributed by atoms with E-state index in [0.717, 1.165) is 37.8 Å². The van der Waals surface area contributed by atoms with Crippen LogP contribution in [-0.2, 0) is 19.1 Å². The number of carbonyl (C=O) groups excluding carboxylic acids is 3. The molecule has 15 heteroatoms. The van der Waals surface area contributed by atoms with Gasteiger partial charge in [0.15, 0.2) is 0 Å². The Balaban J connectivity index is 0. The first kappa shape index (κ1) is 47.3. The van der Waals surface area contributed by atoms with Crippen molar-refractivity contribution in [1.82, 2.24) is 30.4 Å². The predicted octanol–water partition coefficient (Wildman–Crippen LogP) is 3.26. The van der Waals surface area contributed by atoms with E-state index in [4.69, 9.17) is 24.8 Å². The fraction of sp³-hybridized carbons (Fsp3) is 0.676. The van der Waals surface area contributed by atoms with Gasteiger partial charge in [-0.15, -0.1) is 0 Å². The van der Waals surface area contributed by atoms with Crippen LogP contribution < -0.4 is 10.6 Å². The Morgan fingerprint density at radius 1 is 1.16 bits per heavy atom. The molecule has 0 spiro atoms. The third-order valence-electron chi connectivity index (χ3n) is 6.40. The first-order valence-corrected chi connectivity index (χ1v) is 16.8. The molecule has 282 valence electrons. The maximum atomic E-state index is 12.1. The van der Waals surface area contributed by atoms with Gasteiger partial charge in [-0.25, -0.2) is 9.78 Å². The Labute approximate surface area is 291 Å². The summed E-state index contributed by atoms with van der Waals surface area (Å²) >= 11 is 0. The van der Waals surface area contributed by atoms with Gasteiger partial charge >= 0.3 is 12.1 Å². The summed E-state index contributed by atoms with van der Waals surface area (Å²) in [6.45, 7) is 22.2. The highest BCUT2D eigenvalue weighted by atomic mass is 16.6. The maximum Gasteiger partial charge on any atom is 0.410 e. The van der Waals surface area contributed by atoms with Crippen molar-refractivity contribution in [2.45, 2.75) is 92.9 Å². The highest BCUT2D eigenvalue weighted by Gasteiger charge is 2.28. The molecule has 3 rings (SSSR count). The second-order valence-electron chi connectivity index (χ2n) is 11.6. The number of ether oxygens (including phenoxy) is 2. The summed E-state index contributed by atoms with van der Waals surface area (Å²) in [6, 6.07) is 5.50. The number of hydrogen-bond donors (Lipinski definition) is 6. The van der Waals surface area contributed by atoms with Gasteiger partial charge in [0.2, 0.25) is 5.91 Å². The van der Waals surface area contributed by atoms with Gasteiger partial charge in [0.25, 0.3) is 5.91 Å². The molecule has 0 radical (unpaired) electrons. The van der Waals surface area contributed by atoms with Crippen LogP contribution in [0.3, 0.4) is 0 Å². The summed E-state index contributed by atoms with van der Waals surface area (Å²) < 4.78 is 10.9. The van der Waals surface area contributed by atoms with Gasteiger partial charge in [-0.3, -0.25) is 19.3 Å². The van der Waals surface area contributed by atoms with E-state index in [9.17, 15) is 19.2 Å². The van der Waals surface area contributed by atoms with Gasteiger partial charge in [0.05, 0.1) is 42.7 Å². The lowest BCUT2D eigenvalue weighted by atomic mass is 10.2. The quantitative estimate of drug-likeness (QED) is 0.188. The number of hydrogen-bond acceptors (Lipinski definition) is 10. The van der Waals surface area contributed by atoms with Crippen molar-refractivity contribution in [1.29, 1.82) is 0 Å². The fourth-order valence-electron chi connectivity index (χ4n) is 4.11. The first-order valence-electron chi connectivity index (χ1n) is 16.8. The fourth-order valence-corrected chi connectivity index (χ4v) is 4.11. The zero-order valence-electron chi connectivity index (χ0n) is 31.2. The van der Waals surface area contributed by atoms with Crippen LogP contribution >= 0.6 is 0 Å². The smallest absolute Gasteiger partial charge is 0.410 e. The third kappa shape index (κ3) is 22.5. The molecule has 2 atom stereocenters. The number of nitrogens with zero attached hydrogens (tertiary/aromatic N) is 3. The SMILES string of the molecule is CC.CC(=O)NCCCC(=O)O.CC(O)CNC(=O)c1ccc2nc[nH]c2c1.CCN(C[C@H]1COCCN1CC)C(=O)OC(C)(C)C.CO. The van der Waals surface area contributed by atoms with Crippen LogP contribution in [0.4, 0.5) is 4.79 Å². The molecule has 3 amide bonds. The summed E-state index contributed by atoms with van der Waals surface area (Å²) in [5.41, 5.74) is 1.76. The molecule has 15 nitrogen and oxygen atoms in total. The van der Waals surface area contributed by atoms with Crippen LogP contribution in [0.5, 0.6) is 0 Å². The minimum absolute atomic E-state index is 0.111. The topological polar surface area (TPSA) is 207 Å². The summed E-state index contributed by atoms with van der Waals surface area (Å²) in [6.07, 6.45) is 1.41. The Kier molecular flexibility index (Phi) is 26.2. The van der Waals surface area contributed by atoms with E-state index in [1.807, 2.05) is 41.5 Å². The van der Waals surface area contributed by atoms with Crippen molar-refractivity contribution < 1.29 is 44.0 Å². The lowest BCUT2D eigenvalue weighted by Crippen LogP contribution is -2.52. The van der Waals surface area contributed by atoms with Gasteiger partial charge < -0.3 is 45.3 Å². The molecule has 1 aliphatic rings. The summed E-state index contributed by atoms with van der Waals surface area (Å²) in [7, 11) is 1.00. The molecule has 49 heavy (non-hydrogen) atoms. The Morgan fingerprint density at radius 2 is 1.82 bits per heavy atom. The zero-order chi connectivity index (χ0) is 38.0. The zero-order valence-corrected chi connectivity index (χ0v) is 31.2. The molecule has 0 bridgehead atoms. The number of amides is 3. The summed E-state index contributed by atoms with van der Waals surface area (Å²) in [4.78, 5) is 55.0. The monoisotopic (exact) mass is 698 g/mol. The van der Waals surface area contributed by atoms with E-state index in [-0.39, 0.29) is 36.9 Å². The minimum Gasteiger partial charge on any atom is -0.481 e. The number of carboxylic acid groups (broad SMARTS) is 1. The maximum absolute atomic E-state index is 12.1. The number of aliphatic carboxylic acids is 1. The largest absolute Gasteiger partial charge is 0.481 e. The van der Waals surface area contributed by atoms with Crippen molar-refractivity contribution in [3.8, 4) is 0 Å². The van der Waals surface area contributed by atoms with Crippen LogP contribution in [0.15, 0.2) is 24.5 Å². The molecular formula is C34H62N6O9. The highest BCUT2D eigenvalue weighted by Crippen LogP contribution is 2.14. The van der Waals surface area contributed by atoms with Gasteiger partial charge in [-0.2, -0.15) is 0 Å². The van der Waals surface area contributed by atoms with Crippen LogP contribution in [0.2, 0.25) is 0 Å². The van der Waals surface area contributed by atoms with Crippen molar-refractivity contribution in [3.63, 3.8) is 0 Å². The third-order valence-corrected chi connectivity index (χ3v) is 6.40. The number of nitrogens with one attached hydrogen (secondary N) is 3. The minimum atomic E-state index is -0.828. The van der Waals surface area contributed by atoms with Crippen LogP contribution in [0, 0.1) is 0 Å². The number of aromatic nitrogens is 2. The van der Waals surface area contributed by atoms with Gasteiger partial charge in [0.1, 0.15) is 5.60 Å². The Hall–Kier alpha value is -3.79. The lowest BCUT2D eigenvalue weighted by molar-refractivity contribution is -0.137. The van der Waals surface area contributed by atoms with Crippen molar-refractivity contribution in [2.24, 2.45) is 0 Å². The van der Waals surface area contributed by atoms with Crippen molar-refractivity contribution in [3.05, 3.63) is 30.1 Å². The number of benzene rings is 1. The van der Waals surface area contributed by atoms with E-state index in [0.29, 0.717) is 38.2 Å². The van der Waals surface area contributed by atoms with E-state index in [1.54, 1.807) is 36.4 Å². The molecule has 0 saturated carbocycles. The van der Waals surface area contributed by atoms with Gasteiger partial charge in [0, 0.05) is 58.7 Å². The normalized spacial score (nSPS) is 14.4. The molecular weight excluding hydrogens is 636 g/mol. The molecule has 2 heterocycles. The molecule has 1 saturated heterocycles. The van der Waals surface area contributed by atoms with Crippen LogP contribution in [-0.4, -0.2) is 136 Å². The van der Waals surface area contributed by atoms with Crippen molar-refractivity contribution in [2.75, 3.05) is 59.6 Å². The Morgan fingerprint density at radius 3 is 2.35 bits per heavy atom. The molecule has 1 aliphatic heterocycles. The van der Waals surface area contributed by atoms with Crippen LogP contribution in [0.25, 0.3) is 11.0 Å². The first-order chi connectivity index (χ1) is 23.2. The number of aromatic amines is 1. The molecule has 2 aromatic rings. The number of fused-ring (bicyclic) bond motifs is 1. The van der Waals surface area contributed by atoms with Crippen molar-refractivity contribution >= 4 is 34.9 Å². The highest BCUT2D eigenvalue weighted by molar-refractivity contribution is 5.97. The Bertz CT molecular complexity index is 1180. The number of H-pyrrole nitrogens is 1. The van der Waals surface area contributed by atoms with E-state index in [2.05, 4.69) is 32.4 Å². The van der Waals surface area contributed by atoms with Gasteiger partial charge in [-0.05, 0) is 65.8 Å². The van der Waals surface area contributed by atoms with Crippen LogP contribution in [0.1, 0.15) is 85.5 Å². The number of rotatable bonds is 11. The molecule has 1 unspecified atom stereocenters. The molecule has 1 aromatic carbocycles. The van der Waals surface area contributed by atoms with E-state index < -0.39 is 17.7 Å². The summed E-state index contributed by atoms with van der Waals surface area (Å²) in [5, 5.41) is 29.4. The number of aliphatic hydroxyl groups excluding tert-OH is 2. The molecule has 1 aromatic heterocycles. The predicted molar refractivity (Wildman–Crippen MR) is 190 cm³/mol. The second kappa shape index (κ2) is 27.1.